The van der Waals surface area contributed by atoms with Gasteiger partial charge in [0.05, 0.1) is 21.4 Å². The Balaban J connectivity index is 1.91. The summed E-state index contributed by atoms with van der Waals surface area (Å²) in [7, 11) is 0. The third-order valence-electron chi connectivity index (χ3n) is 4.58. The average molecular weight is 434 g/mol. The highest BCUT2D eigenvalue weighted by Crippen LogP contribution is 2.31. The van der Waals surface area contributed by atoms with E-state index < -0.39 is 5.54 Å². The highest BCUT2D eigenvalue weighted by Gasteiger charge is 2.31. The molecule has 1 N–H and O–H groups in total. The summed E-state index contributed by atoms with van der Waals surface area (Å²) in [4.78, 5) is 12.8. The number of nitrogens with zero attached hydrogens (tertiary/aromatic N) is 3. The molecule has 0 fully saturated rings. The lowest BCUT2D eigenvalue weighted by Gasteiger charge is -2.26. The van der Waals surface area contributed by atoms with E-state index in [0.29, 0.717) is 0 Å². The monoisotopic (exact) mass is 434 g/mol. The van der Waals surface area contributed by atoms with E-state index in [1.165, 1.54) is 0 Å². The molecule has 1 amide bonds. The maximum atomic E-state index is 12.8. The van der Waals surface area contributed by atoms with Gasteiger partial charge in [-0.3, -0.25) is 9.48 Å². The van der Waals surface area contributed by atoms with Crippen LogP contribution in [0.4, 0.5) is 5.69 Å². The Morgan fingerprint density at radius 3 is 2.67 bits per heavy atom. The minimum atomic E-state index is -0.793. The number of rotatable bonds is 3. The Hall–Kier alpha value is -1.88. The fourth-order valence-corrected chi connectivity index (χ4v) is 3.46. The van der Waals surface area contributed by atoms with Gasteiger partial charge in [0.2, 0.25) is 0 Å². The standard InChI is InChI=1S/C18H19IN4O/c1-18(2,23-11-13(19)10-21-23)17(24)22-16-8-7-12(9-20)14-5-3-4-6-15(14)16/h7-8,10-11H,3-6H2,1-2H3,(H,22,24). The molecule has 0 spiro atoms. The van der Waals surface area contributed by atoms with Crippen LogP contribution in [-0.2, 0) is 23.2 Å². The van der Waals surface area contributed by atoms with Gasteiger partial charge < -0.3 is 5.32 Å². The van der Waals surface area contributed by atoms with Crippen LogP contribution < -0.4 is 5.32 Å². The van der Waals surface area contributed by atoms with Crippen molar-refractivity contribution in [1.29, 1.82) is 5.26 Å². The second-order valence-electron chi connectivity index (χ2n) is 6.55. The molecule has 0 unspecified atom stereocenters. The number of nitrogens with one attached hydrogen (secondary N) is 1. The van der Waals surface area contributed by atoms with Gasteiger partial charge in [0, 0.05) is 11.9 Å². The molecule has 5 nitrogen and oxygen atoms in total. The molecule has 6 heteroatoms. The minimum Gasteiger partial charge on any atom is -0.324 e. The first kappa shape index (κ1) is 17.0. The van der Waals surface area contributed by atoms with Gasteiger partial charge in [-0.15, -0.1) is 0 Å². The van der Waals surface area contributed by atoms with Gasteiger partial charge in [0.25, 0.3) is 5.91 Å². The fraction of sp³-hybridized carbons (Fsp3) is 0.389. The van der Waals surface area contributed by atoms with E-state index in [9.17, 15) is 10.1 Å². The molecule has 2 aromatic rings. The SMILES string of the molecule is CC(C)(C(=O)Nc1ccc(C#N)c2c1CCCC2)n1cc(I)cn1. The van der Waals surface area contributed by atoms with E-state index in [2.05, 4.69) is 39.1 Å². The van der Waals surface area contributed by atoms with Gasteiger partial charge in [-0.05, 0) is 85.4 Å². The largest absolute Gasteiger partial charge is 0.324 e. The predicted molar refractivity (Wildman–Crippen MR) is 101 cm³/mol. The molecule has 124 valence electrons. The number of aromatic nitrogens is 2. The van der Waals surface area contributed by atoms with Gasteiger partial charge in [-0.1, -0.05) is 0 Å². The summed E-state index contributed by atoms with van der Waals surface area (Å²) < 4.78 is 2.67. The molecule has 0 saturated heterocycles. The number of nitriles is 1. The Morgan fingerprint density at radius 2 is 2.04 bits per heavy atom. The normalized spacial score (nSPS) is 13.9. The maximum absolute atomic E-state index is 12.8. The van der Waals surface area contributed by atoms with Crippen LogP contribution in [0.15, 0.2) is 24.5 Å². The highest BCUT2D eigenvalue weighted by atomic mass is 127. The van der Waals surface area contributed by atoms with E-state index in [4.69, 9.17) is 0 Å². The molecule has 1 aliphatic rings. The zero-order valence-electron chi connectivity index (χ0n) is 13.8. The molecule has 24 heavy (non-hydrogen) atoms. The van der Waals surface area contributed by atoms with Gasteiger partial charge >= 0.3 is 0 Å². The molecular weight excluding hydrogens is 415 g/mol. The summed E-state index contributed by atoms with van der Waals surface area (Å²) in [6.07, 6.45) is 7.58. The Kier molecular flexibility index (Phi) is 4.63. The number of fused-ring (bicyclic) bond motifs is 1. The molecule has 0 aliphatic heterocycles. The van der Waals surface area contributed by atoms with Crippen molar-refractivity contribution in [1.82, 2.24) is 9.78 Å². The number of halogens is 1. The zero-order valence-corrected chi connectivity index (χ0v) is 15.9. The first-order chi connectivity index (χ1) is 11.4. The number of amides is 1. The van der Waals surface area contributed by atoms with Gasteiger partial charge in [-0.25, -0.2) is 0 Å². The van der Waals surface area contributed by atoms with Crippen LogP contribution in [0.1, 0.15) is 43.4 Å². The lowest BCUT2D eigenvalue weighted by atomic mass is 9.87. The predicted octanol–water partition coefficient (Wildman–Crippen LogP) is 3.61. The van der Waals surface area contributed by atoms with Crippen LogP contribution in [0.25, 0.3) is 0 Å². The summed E-state index contributed by atoms with van der Waals surface area (Å²) in [6, 6.07) is 5.93. The molecule has 0 atom stereocenters. The summed E-state index contributed by atoms with van der Waals surface area (Å²) in [5.74, 6) is -0.112. The second kappa shape index (κ2) is 6.55. The Bertz CT molecular complexity index is 832. The smallest absolute Gasteiger partial charge is 0.251 e. The highest BCUT2D eigenvalue weighted by molar-refractivity contribution is 14.1. The number of carbonyl (C=O) groups is 1. The quantitative estimate of drug-likeness (QED) is 0.751. The van der Waals surface area contributed by atoms with Gasteiger partial charge in [-0.2, -0.15) is 10.4 Å². The van der Waals surface area contributed by atoms with Crippen LogP contribution in [0.3, 0.4) is 0 Å². The third kappa shape index (κ3) is 3.05. The van der Waals surface area contributed by atoms with Crippen molar-refractivity contribution in [3.63, 3.8) is 0 Å². The Labute approximate surface area is 155 Å². The van der Waals surface area contributed by atoms with E-state index in [-0.39, 0.29) is 5.91 Å². The molecular formula is C18H19IN4O. The first-order valence-electron chi connectivity index (χ1n) is 8.00. The van der Waals surface area contributed by atoms with Gasteiger partial charge in [0.1, 0.15) is 5.54 Å². The van der Waals surface area contributed by atoms with Crippen molar-refractivity contribution in [2.24, 2.45) is 0 Å². The molecule has 1 heterocycles. The topological polar surface area (TPSA) is 70.7 Å². The Morgan fingerprint density at radius 1 is 1.33 bits per heavy atom. The van der Waals surface area contributed by atoms with E-state index >= 15 is 0 Å². The van der Waals surface area contributed by atoms with Crippen LogP contribution >= 0.6 is 22.6 Å². The van der Waals surface area contributed by atoms with Crippen LogP contribution in [0, 0.1) is 14.9 Å². The lowest BCUT2D eigenvalue weighted by Crippen LogP contribution is -2.41. The summed E-state index contributed by atoms with van der Waals surface area (Å²) in [5.41, 5.74) is 2.96. The lowest BCUT2D eigenvalue weighted by molar-refractivity contribution is -0.123. The number of hydrogen-bond acceptors (Lipinski definition) is 3. The molecule has 1 aromatic carbocycles. The number of anilines is 1. The van der Waals surface area contributed by atoms with E-state index in [0.717, 1.165) is 51.6 Å². The van der Waals surface area contributed by atoms with Crippen molar-refractivity contribution in [3.05, 3.63) is 44.8 Å². The molecule has 3 rings (SSSR count). The number of hydrogen-bond donors (Lipinski definition) is 1. The number of benzene rings is 1. The summed E-state index contributed by atoms with van der Waals surface area (Å²) in [6.45, 7) is 3.70. The molecule has 0 bridgehead atoms. The zero-order chi connectivity index (χ0) is 17.3. The summed E-state index contributed by atoms with van der Waals surface area (Å²) >= 11 is 2.18. The minimum absolute atomic E-state index is 0.112. The average Bonchev–Trinajstić information content (AvgIpc) is 3.02. The number of carbonyl (C=O) groups excluding carboxylic acids is 1. The fourth-order valence-electron chi connectivity index (χ4n) is 3.08. The van der Waals surface area contributed by atoms with Crippen molar-refractivity contribution in [2.45, 2.75) is 45.1 Å². The van der Waals surface area contributed by atoms with Crippen molar-refractivity contribution >= 4 is 34.2 Å². The van der Waals surface area contributed by atoms with Crippen molar-refractivity contribution in [3.8, 4) is 6.07 Å². The first-order valence-corrected chi connectivity index (χ1v) is 9.08. The molecule has 1 aliphatic carbocycles. The van der Waals surface area contributed by atoms with Crippen LogP contribution in [-0.4, -0.2) is 15.7 Å². The molecule has 1 aromatic heterocycles. The molecule has 0 saturated carbocycles. The van der Waals surface area contributed by atoms with Crippen molar-refractivity contribution in [2.75, 3.05) is 5.32 Å². The van der Waals surface area contributed by atoms with E-state index in [1.807, 2.05) is 32.2 Å². The molecule has 0 radical (unpaired) electrons. The van der Waals surface area contributed by atoms with Gasteiger partial charge in [0.15, 0.2) is 0 Å². The van der Waals surface area contributed by atoms with Crippen molar-refractivity contribution < 1.29 is 4.79 Å². The van der Waals surface area contributed by atoms with E-state index in [1.54, 1.807) is 10.9 Å². The maximum Gasteiger partial charge on any atom is 0.251 e. The van der Waals surface area contributed by atoms with Crippen LogP contribution in [0.5, 0.6) is 0 Å². The third-order valence-corrected chi connectivity index (χ3v) is 5.14. The second-order valence-corrected chi connectivity index (χ2v) is 7.80. The van der Waals surface area contributed by atoms with Crippen LogP contribution in [0.2, 0.25) is 0 Å². The summed E-state index contributed by atoms with van der Waals surface area (Å²) in [5, 5.41) is 16.6.